The Hall–Kier alpha value is -1.85. The highest BCUT2D eigenvalue weighted by atomic mass is 32.2. The van der Waals surface area contributed by atoms with Crippen LogP contribution >= 0.6 is 23.1 Å². The van der Waals surface area contributed by atoms with E-state index in [0.29, 0.717) is 6.42 Å². The number of rotatable bonds is 8. The molecule has 3 rings (SSSR count). The number of aryl methyl sites for hydroxylation is 1. The van der Waals surface area contributed by atoms with E-state index < -0.39 is 0 Å². The first-order valence-electron chi connectivity index (χ1n) is 8.62. The molecular formula is C20H22N2OS2. The van der Waals surface area contributed by atoms with E-state index in [0.717, 1.165) is 32.4 Å². The Morgan fingerprint density at radius 2 is 2.04 bits per heavy atom. The van der Waals surface area contributed by atoms with Gasteiger partial charge in [-0.3, -0.25) is 4.79 Å². The predicted molar refractivity (Wildman–Crippen MR) is 109 cm³/mol. The fraction of sp³-hybridized carbons (Fsp3) is 0.300. The molecule has 0 bridgehead atoms. The summed E-state index contributed by atoms with van der Waals surface area (Å²) in [6, 6.07) is 16.0. The number of anilines is 1. The number of carbonyl (C=O) groups is 1. The molecule has 3 aromatic rings. The van der Waals surface area contributed by atoms with Crippen LogP contribution in [0.4, 0.5) is 5.69 Å². The van der Waals surface area contributed by atoms with Gasteiger partial charge in [-0.25, -0.2) is 4.98 Å². The average Bonchev–Trinajstić information content (AvgIpc) is 3.03. The molecule has 0 atom stereocenters. The Morgan fingerprint density at radius 3 is 2.84 bits per heavy atom. The molecule has 0 aliphatic rings. The van der Waals surface area contributed by atoms with Crippen molar-refractivity contribution in [1.82, 2.24) is 4.98 Å². The number of hydrogen-bond acceptors (Lipinski definition) is 4. The van der Waals surface area contributed by atoms with Crippen LogP contribution in [0, 0.1) is 0 Å². The van der Waals surface area contributed by atoms with Crippen molar-refractivity contribution in [2.45, 2.75) is 36.9 Å². The van der Waals surface area contributed by atoms with Crippen molar-refractivity contribution in [3.05, 3.63) is 54.1 Å². The lowest BCUT2D eigenvalue weighted by Gasteiger charge is -2.05. The highest BCUT2D eigenvalue weighted by Gasteiger charge is 2.07. The van der Waals surface area contributed by atoms with Crippen LogP contribution in [-0.4, -0.2) is 16.6 Å². The predicted octanol–water partition coefficient (Wildman–Crippen LogP) is 5.76. The first kappa shape index (κ1) is 18.0. The summed E-state index contributed by atoms with van der Waals surface area (Å²) in [5.41, 5.74) is 3.04. The molecule has 0 aliphatic heterocycles. The Bertz CT molecular complexity index is 830. The number of carbonyl (C=O) groups excluding carboxylic acids is 1. The number of thiazole rings is 1. The summed E-state index contributed by atoms with van der Waals surface area (Å²) in [5.74, 6) is 1.16. The molecule has 0 aliphatic carbocycles. The zero-order chi connectivity index (χ0) is 17.5. The van der Waals surface area contributed by atoms with Crippen molar-refractivity contribution < 1.29 is 4.79 Å². The second-order valence-electron chi connectivity index (χ2n) is 5.90. The number of amides is 1. The van der Waals surface area contributed by atoms with Crippen LogP contribution in [0.5, 0.6) is 0 Å². The van der Waals surface area contributed by atoms with Crippen molar-refractivity contribution in [3.8, 4) is 0 Å². The Balaban J connectivity index is 1.58. The summed E-state index contributed by atoms with van der Waals surface area (Å²) in [4.78, 5) is 16.8. The normalized spacial score (nSPS) is 10.9. The monoisotopic (exact) mass is 370 g/mol. The highest BCUT2D eigenvalue weighted by molar-refractivity contribution is 8.01. The van der Waals surface area contributed by atoms with Gasteiger partial charge in [-0.05, 0) is 36.6 Å². The molecule has 3 nitrogen and oxygen atoms in total. The van der Waals surface area contributed by atoms with Gasteiger partial charge in [0.1, 0.15) is 0 Å². The standard InChI is InChI=1S/C20H22N2OS2/c1-2-3-13-24-20-22-17-11-10-16(14-18(17)25-20)21-19(23)12-9-15-7-5-4-6-8-15/h4-8,10-11,14H,2-3,9,12-13H2,1H3,(H,21,23). The van der Waals surface area contributed by atoms with Crippen molar-refractivity contribution in [2.24, 2.45) is 0 Å². The molecule has 0 unspecified atom stereocenters. The van der Waals surface area contributed by atoms with Crippen molar-refractivity contribution in [1.29, 1.82) is 0 Å². The molecule has 1 N–H and O–H groups in total. The number of unbranched alkanes of at least 4 members (excludes halogenated alkanes) is 1. The number of nitrogens with one attached hydrogen (secondary N) is 1. The smallest absolute Gasteiger partial charge is 0.224 e. The van der Waals surface area contributed by atoms with Crippen molar-refractivity contribution in [2.75, 3.05) is 11.1 Å². The van der Waals surface area contributed by atoms with Gasteiger partial charge in [0.25, 0.3) is 0 Å². The van der Waals surface area contributed by atoms with E-state index in [2.05, 4.69) is 17.2 Å². The minimum Gasteiger partial charge on any atom is -0.326 e. The molecule has 1 amide bonds. The van der Waals surface area contributed by atoms with E-state index in [-0.39, 0.29) is 5.91 Å². The Morgan fingerprint density at radius 1 is 1.20 bits per heavy atom. The lowest BCUT2D eigenvalue weighted by atomic mass is 10.1. The fourth-order valence-electron chi connectivity index (χ4n) is 2.47. The maximum atomic E-state index is 12.2. The number of fused-ring (bicyclic) bond motifs is 1. The second kappa shape index (κ2) is 9.02. The number of benzene rings is 2. The average molecular weight is 371 g/mol. The van der Waals surface area contributed by atoms with Crippen LogP contribution in [-0.2, 0) is 11.2 Å². The lowest BCUT2D eigenvalue weighted by Crippen LogP contribution is -2.12. The molecule has 1 heterocycles. The van der Waals surface area contributed by atoms with Gasteiger partial charge in [0.05, 0.1) is 10.2 Å². The minimum absolute atomic E-state index is 0.0465. The minimum atomic E-state index is 0.0465. The van der Waals surface area contributed by atoms with Gasteiger partial charge in [-0.15, -0.1) is 11.3 Å². The summed E-state index contributed by atoms with van der Waals surface area (Å²) in [7, 11) is 0. The number of hydrogen-bond donors (Lipinski definition) is 1. The number of thioether (sulfide) groups is 1. The summed E-state index contributed by atoms with van der Waals surface area (Å²) < 4.78 is 2.23. The Kier molecular flexibility index (Phi) is 6.48. The van der Waals surface area contributed by atoms with Gasteiger partial charge in [0.15, 0.2) is 4.34 Å². The van der Waals surface area contributed by atoms with E-state index in [1.54, 1.807) is 11.3 Å². The summed E-state index contributed by atoms with van der Waals surface area (Å²) in [6.45, 7) is 2.20. The molecule has 0 spiro atoms. The third-order valence-electron chi connectivity index (χ3n) is 3.86. The maximum Gasteiger partial charge on any atom is 0.224 e. The van der Waals surface area contributed by atoms with E-state index in [1.165, 1.54) is 18.4 Å². The lowest BCUT2D eigenvalue weighted by molar-refractivity contribution is -0.116. The number of nitrogens with zero attached hydrogens (tertiary/aromatic N) is 1. The first-order valence-corrected chi connectivity index (χ1v) is 10.4. The van der Waals surface area contributed by atoms with Crippen LogP contribution < -0.4 is 5.32 Å². The topological polar surface area (TPSA) is 42.0 Å². The molecule has 1 aromatic heterocycles. The van der Waals surface area contributed by atoms with Crippen molar-refractivity contribution >= 4 is 44.9 Å². The van der Waals surface area contributed by atoms with Crippen LogP contribution in [0.1, 0.15) is 31.7 Å². The third-order valence-corrected chi connectivity index (χ3v) is 6.11. The van der Waals surface area contributed by atoms with E-state index in [1.807, 2.05) is 60.3 Å². The molecule has 0 saturated carbocycles. The maximum absolute atomic E-state index is 12.2. The molecule has 2 aromatic carbocycles. The fourth-order valence-corrected chi connectivity index (χ4v) is 4.73. The summed E-state index contributed by atoms with van der Waals surface area (Å²) in [5, 5.41) is 3.00. The van der Waals surface area contributed by atoms with Crippen molar-refractivity contribution in [3.63, 3.8) is 0 Å². The van der Waals surface area contributed by atoms with Gasteiger partial charge in [0, 0.05) is 17.9 Å². The molecular weight excluding hydrogens is 348 g/mol. The zero-order valence-corrected chi connectivity index (χ0v) is 16.0. The molecule has 0 fully saturated rings. The quantitative estimate of drug-likeness (QED) is 0.405. The molecule has 25 heavy (non-hydrogen) atoms. The SMILES string of the molecule is CCCCSc1nc2ccc(NC(=O)CCc3ccccc3)cc2s1. The largest absolute Gasteiger partial charge is 0.326 e. The molecule has 0 saturated heterocycles. The molecule has 5 heteroatoms. The Labute approximate surface area is 156 Å². The van der Waals surface area contributed by atoms with Crippen LogP contribution in [0.2, 0.25) is 0 Å². The summed E-state index contributed by atoms with van der Waals surface area (Å²) in [6.07, 6.45) is 3.66. The summed E-state index contributed by atoms with van der Waals surface area (Å²) >= 11 is 3.52. The van der Waals surface area contributed by atoms with Crippen LogP contribution in [0.25, 0.3) is 10.2 Å². The highest BCUT2D eigenvalue weighted by Crippen LogP contribution is 2.31. The third kappa shape index (κ3) is 5.31. The van der Waals surface area contributed by atoms with Gasteiger partial charge in [-0.2, -0.15) is 0 Å². The molecule has 0 radical (unpaired) electrons. The van der Waals surface area contributed by atoms with E-state index >= 15 is 0 Å². The van der Waals surface area contributed by atoms with Crippen LogP contribution in [0.3, 0.4) is 0 Å². The molecule has 130 valence electrons. The van der Waals surface area contributed by atoms with Gasteiger partial charge in [-0.1, -0.05) is 55.4 Å². The van der Waals surface area contributed by atoms with Crippen LogP contribution in [0.15, 0.2) is 52.9 Å². The van der Waals surface area contributed by atoms with Gasteiger partial charge < -0.3 is 5.32 Å². The van der Waals surface area contributed by atoms with E-state index in [4.69, 9.17) is 0 Å². The van der Waals surface area contributed by atoms with E-state index in [9.17, 15) is 4.79 Å². The first-order chi connectivity index (χ1) is 12.2. The zero-order valence-electron chi connectivity index (χ0n) is 14.3. The van der Waals surface area contributed by atoms with Gasteiger partial charge >= 0.3 is 0 Å². The second-order valence-corrected chi connectivity index (χ2v) is 8.27. The van der Waals surface area contributed by atoms with Gasteiger partial charge in [0.2, 0.25) is 5.91 Å². The number of aromatic nitrogens is 1.